The molecule has 1 N–H and O–H groups in total. The maximum Gasteiger partial charge on any atom is 0.363 e. The number of ether oxygens (including phenoxy) is 2. The number of para-hydroxylation sites is 1. The van der Waals surface area contributed by atoms with Crippen molar-refractivity contribution in [2.24, 2.45) is 0 Å². The molecule has 0 unspecified atom stereocenters. The maximum absolute atomic E-state index is 12.5. The number of benzene rings is 1. The standard InChI is InChI=1S/C18H21N3O6S/c1-12(17(22)19-13-8-9-28(24,25)11-13)27-18(23)16-15(26-2)10-21(20-16)14-6-4-3-5-7-14/h3-7,10,12-13H,8-9,11H2,1-2H3,(H,19,22)/t12-,13-/m1/s1. The highest BCUT2D eigenvalue weighted by atomic mass is 32.2. The highest BCUT2D eigenvalue weighted by Gasteiger charge is 2.31. The molecule has 2 aromatic rings. The van der Waals surface area contributed by atoms with Crippen molar-refractivity contribution >= 4 is 21.7 Å². The molecule has 9 nitrogen and oxygen atoms in total. The van der Waals surface area contributed by atoms with Gasteiger partial charge in [-0.25, -0.2) is 17.9 Å². The first kappa shape index (κ1) is 19.9. The molecule has 0 bridgehead atoms. The third kappa shape index (κ3) is 4.50. The summed E-state index contributed by atoms with van der Waals surface area (Å²) in [5.41, 5.74) is 0.669. The molecular formula is C18H21N3O6S. The van der Waals surface area contributed by atoms with Gasteiger partial charge in [0, 0.05) is 6.04 Å². The minimum Gasteiger partial charge on any atom is -0.493 e. The second-order valence-electron chi connectivity index (χ2n) is 6.48. The van der Waals surface area contributed by atoms with Crippen molar-refractivity contribution in [2.45, 2.75) is 25.5 Å². The number of hydrogen-bond acceptors (Lipinski definition) is 7. The Morgan fingerprint density at radius 3 is 2.61 bits per heavy atom. The summed E-state index contributed by atoms with van der Waals surface area (Å²) in [4.78, 5) is 24.7. The molecule has 1 aliphatic heterocycles. The third-order valence-electron chi connectivity index (χ3n) is 4.35. The number of methoxy groups -OCH3 is 1. The van der Waals surface area contributed by atoms with Gasteiger partial charge in [0.15, 0.2) is 21.7 Å². The van der Waals surface area contributed by atoms with Crippen LogP contribution >= 0.6 is 0 Å². The van der Waals surface area contributed by atoms with Gasteiger partial charge in [-0.1, -0.05) is 18.2 Å². The largest absolute Gasteiger partial charge is 0.493 e. The van der Waals surface area contributed by atoms with E-state index in [2.05, 4.69) is 10.4 Å². The van der Waals surface area contributed by atoms with Crippen molar-refractivity contribution < 1.29 is 27.5 Å². The van der Waals surface area contributed by atoms with Crippen LogP contribution < -0.4 is 10.1 Å². The van der Waals surface area contributed by atoms with E-state index in [9.17, 15) is 18.0 Å². The molecule has 28 heavy (non-hydrogen) atoms. The Bertz CT molecular complexity index is 970. The van der Waals surface area contributed by atoms with Gasteiger partial charge in [0.25, 0.3) is 5.91 Å². The summed E-state index contributed by atoms with van der Waals surface area (Å²) in [6.45, 7) is 1.41. The Morgan fingerprint density at radius 1 is 1.29 bits per heavy atom. The summed E-state index contributed by atoms with van der Waals surface area (Å²) >= 11 is 0. The molecule has 10 heteroatoms. The molecule has 1 fully saturated rings. The van der Waals surface area contributed by atoms with Crippen molar-refractivity contribution in [2.75, 3.05) is 18.6 Å². The van der Waals surface area contributed by atoms with Crippen LogP contribution in [0.25, 0.3) is 5.69 Å². The zero-order valence-electron chi connectivity index (χ0n) is 15.5. The topological polar surface area (TPSA) is 117 Å². The lowest BCUT2D eigenvalue weighted by molar-refractivity contribution is -0.129. The average Bonchev–Trinajstić information content (AvgIpc) is 3.25. The van der Waals surface area contributed by atoms with Crippen LogP contribution in [0, 0.1) is 0 Å². The molecular weight excluding hydrogens is 386 g/mol. The van der Waals surface area contributed by atoms with Gasteiger partial charge < -0.3 is 14.8 Å². The lowest BCUT2D eigenvalue weighted by atomic mass is 10.2. The molecule has 0 spiro atoms. The summed E-state index contributed by atoms with van der Waals surface area (Å²) in [7, 11) is -1.71. The normalized spacial score (nSPS) is 19.0. The predicted molar refractivity (Wildman–Crippen MR) is 100 cm³/mol. The summed E-state index contributed by atoms with van der Waals surface area (Å²) in [6.07, 6.45) is 0.784. The molecule has 150 valence electrons. The van der Waals surface area contributed by atoms with E-state index in [0.29, 0.717) is 6.42 Å². The Labute approximate surface area is 162 Å². The van der Waals surface area contributed by atoms with Crippen molar-refractivity contribution in [1.29, 1.82) is 0 Å². The second kappa shape index (κ2) is 8.01. The molecule has 2 atom stereocenters. The Kier molecular flexibility index (Phi) is 5.68. The fourth-order valence-corrected chi connectivity index (χ4v) is 4.53. The first-order chi connectivity index (χ1) is 13.3. The number of rotatable bonds is 6. The molecule has 1 saturated heterocycles. The van der Waals surface area contributed by atoms with Gasteiger partial charge in [-0.2, -0.15) is 5.10 Å². The quantitative estimate of drug-likeness (QED) is 0.702. The molecule has 1 amide bonds. The van der Waals surface area contributed by atoms with E-state index < -0.39 is 33.9 Å². The predicted octanol–water partition coefficient (Wildman–Crippen LogP) is 0.730. The van der Waals surface area contributed by atoms with Gasteiger partial charge in [0.1, 0.15) is 0 Å². The fraction of sp³-hybridized carbons (Fsp3) is 0.389. The van der Waals surface area contributed by atoms with Gasteiger partial charge in [-0.05, 0) is 25.5 Å². The molecule has 0 radical (unpaired) electrons. The SMILES string of the molecule is COc1cn(-c2ccccc2)nc1C(=O)O[C@H](C)C(=O)N[C@@H]1CCS(=O)(=O)C1. The van der Waals surface area contributed by atoms with Gasteiger partial charge in [-0.3, -0.25) is 4.79 Å². The molecule has 1 aromatic heterocycles. The summed E-state index contributed by atoms with van der Waals surface area (Å²) < 4.78 is 34.8. The Morgan fingerprint density at radius 2 is 2.00 bits per heavy atom. The van der Waals surface area contributed by atoms with E-state index in [1.54, 1.807) is 6.20 Å². The third-order valence-corrected chi connectivity index (χ3v) is 6.11. The van der Waals surface area contributed by atoms with Gasteiger partial charge in [-0.15, -0.1) is 0 Å². The lowest BCUT2D eigenvalue weighted by Crippen LogP contribution is -2.42. The van der Waals surface area contributed by atoms with E-state index >= 15 is 0 Å². The van der Waals surface area contributed by atoms with Crippen LogP contribution in [0.3, 0.4) is 0 Å². The van der Waals surface area contributed by atoms with Crippen LogP contribution in [0.5, 0.6) is 5.75 Å². The van der Waals surface area contributed by atoms with Crippen LogP contribution in [-0.4, -0.2) is 60.8 Å². The Hall–Kier alpha value is -2.88. The number of nitrogens with zero attached hydrogens (tertiary/aromatic N) is 2. The fourth-order valence-electron chi connectivity index (χ4n) is 2.86. The summed E-state index contributed by atoms with van der Waals surface area (Å²) in [5.74, 6) is -1.22. The highest BCUT2D eigenvalue weighted by Crippen LogP contribution is 2.21. The number of esters is 1. The van der Waals surface area contributed by atoms with E-state index in [0.717, 1.165) is 5.69 Å². The minimum atomic E-state index is -3.12. The molecule has 2 heterocycles. The van der Waals surface area contributed by atoms with Crippen molar-refractivity contribution in [3.05, 3.63) is 42.2 Å². The monoisotopic (exact) mass is 407 g/mol. The molecule has 1 aromatic carbocycles. The van der Waals surface area contributed by atoms with Crippen molar-refractivity contribution in [3.8, 4) is 11.4 Å². The zero-order chi connectivity index (χ0) is 20.3. The van der Waals surface area contributed by atoms with Crippen molar-refractivity contribution in [1.82, 2.24) is 15.1 Å². The Balaban J connectivity index is 1.67. The molecule has 0 aliphatic carbocycles. The van der Waals surface area contributed by atoms with Gasteiger partial charge in [0.2, 0.25) is 5.69 Å². The number of aromatic nitrogens is 2. The second-order valence-corrected chi connectivity index (χ2v) is 8.71. The summed E-state index contributed by atoms with van der Waals surface area (Å²) in [6, 6.07) is 8.68. The number of amides is 1. The molecule has 1 aliphatic rings. The number of carbonyl (C=O) groups is 2. The van der Waals surface area contributed by atoms with Gasteiger partial charge in [0.05, 0.1) is 30.5 Å². The van der Waals surface area contributed by atoms with E-state index in [4.69, 9.17) is 9.47 Å². The van der Waals surface area contributed by atoms with Crippen LogP contribution in [0.4, 0.5) is 0 Å². The van der Waals surface area contributed by atoms with Crippen LogP contribution in [0.1, 0.15) is 23.8 Å². The first-order valence-electron chi connectivity index (χ1n) is 8.70. The zero-order valence-corrected chi connectivity index (χ0v) is 16.3. The van der Waals surface area contributed by atoms with Crippen molar-refractivity contribution in [3.63, 3.8) is 0 Å². The lowest BCUT2D eigenvalue weighted by Gasteiger charge is -2.16. The number of sulfone groups is 1. The van der Waals surface area contributed by atoms with E-state index in [1.165, 1.54) is 18.7 Å². The number of carbonyl (C=O) groups excluding carboxylic acids is 2. The van der Waals surface area contributed by atoms with Crippen LogP contribution in [0.15, 0.2) is 36.5 Å². The number of hydrogen-bond donors (Lipinski definition) is 1. The van der Waals surface area contributed by atoms with Crippen LogP contribution in [0.2, 0.25) is 0 Å². The smallest absolute Gasteiger partial charge is 0.363 e. The molecule has 3 rings (SSSR count). The minimum absolute atomic E-state index is 0.0419. The van der Waals surface area contributed by atoms with Gasteiger partial charge >= 0.3 is 5.97 Å². The van der Waals surface area contributed by atoms with E-state index in [-0.39, 0.29) is 22.9 Å². The maximum atomic E-state index is 12.5. The van der Waals surface area contributed by atoms with E-state index in [1.807, 2.05) is 30.3 Å². The number of nitrogens with one attached hydrogen (secondary N) is 1. The molecule has 0 saturated carbocycles. The summed E-state index contributed by atoms with van der Waals surface area (Å²) in [5, 5.41) is 6.79. The highest BCUT2D eigenvalue weighted by molar-refractivity contribution is 7.91. The average molecular weight is 407 g/mol. The van der Waals surface area contributed by atoms with Crippen LogP contribution in [-0.2, 0) is 19.4 Å². The first-order valence-corrected chi connectivity index (χ1v) is 10.5.